The van der Waals surface area contributed by atoms with Crippen LogP contribution in [0.3, 0.4) is 0 Å². The molecule has 1 unspecified atom stereocenters. The minimum Gasteiger partial charge on any atom is -0.493 e. The minimum absolute atomic E-state index is 0.000588. The fourth-order valence-corrected chi connectivity index (χ4v) is 5.73. The van der Waals surface area contributed by atoms with Crippen molar-refractivity contribution in [3.05, 3.63) is 60.6 Å². The first-order chi connectivity index (χ1) is 19.0. The van der Waals surface area contributed by atoms with E-state index in [4.69, 9.17) is 9.84 Å². The molecule has 4 aromatic rings. The van der Waals surface area contributed by atoms with Crippen molar-refractivity contribution in [2.24, 2.45) is 5.92 Å². The number of pyridine rings is 2. The second kappa shape index (κ2) is 10.8. The van der Waals surface area contributed by atoms with Gasteiger partial charge in [-0.3, -0.25) is 0 Å². The number of hydrogen-bond acceptors (Lipinski definition) is 6. The lowest BCUT2D eigenvalue weighted by atomic mass is 9.99. The molecule has 0 aliphatic carbocycles. The van der Waals surface area contributed by atoms with Gasteiger partial charge < -0.3 is 29.9 Å². The van der Waals surface area contributed by atoms with E-state index >= 15 is 0 Å². The van der Waals surface area contributed by atoms with E-state index in [1.165, 1.54) is 5.69 Å². The minimum atomic E-state index is -0.956. The predicted molar refractivity (Wildman–Crippen MR) is 148 cm³/mol. The molecule has 0 saturated carbocycles. The van der Waals surface area contributed by atoms with Crippen LogP contribution < -0.4 is 15.0 Å². The number of hydrogen-bond donors (Lipinski definition) is 3. The summed E-state index contributed by atoms with van der Waals surface area (Å²) in [5.41, 5.74) is 3.15. The van der Waals surface area contributed by atoms with Gasteiger partial charge in [0, 0.05) is 67.0 Å². The summed E-state index contributed by atoms with van der Waals surface area (Å²) in [6.45, 7) is 3.62. The first-order valence-corrected chi connectivity index (χ1v) is 13.5. The molecule has 5 heterocycles. The van der Waals surface area contributed by atoms with Gasteiger partial charge in [-0.1, -0.05) is 0 Å². The van der Waals surface area contributed by atoms with Crippen molar-refractivity contribution in [2.75, 3.05) is 37.7 Å². The van der Waals surface area contributed by atoms with E-state index in [-0.39, 0.29) is 23.6 Å². The molecule has 0 spiro atoms. The SMILES string of the molecule is O=C(O)c1ccc(OCC2CCCN(C(=O)NC3CCN(c4cc[nH]c5cnc6nccc6c45)CC3)C2)cc1. The topological polar surface area (TPSA) is 124 Å². The van der Waals surface area contributed by atoms with E-state index < -0.39 is 5.97 Å². The van der Waals surface area contributed by atoms with E-state index in [2.05, 4.69) is 31.2 Å². The molecule has 3 aromatic heterocycles. The Balaban J connectivity index is 1.02. The zero-order chi connectivity index (χ0) is 26.8. The van der Waals surface area contributed by atoms with Crippen molar-refractivity contribution in [1.29, 1.82) is 0 Å². The monoisotopic (exact) mass is 528 g/mol. The van der Waals surface area contributed by atoms with E-state index in [0.29, 0.717) is 18.9 Å². The van der Waals surface area contributed by atoms with Gasteiger partial charge in [-0.05, 0) is 62.1 Å². The molecule has 0 radical (unpaired) electrons. The van der Waals surface area contributed by atoms with Crippen LogP contribution >= 0.6 is 0 Å². The number of nitrogens with zero attached hydrogens (tertiary/aromatic N) is 4. The Morgan fingerprint density at radius 3 is 2.67 bits per heavy atom. The number of fused-ring (bicyclic) bond motifs is 3. The lowest BCUT2D eigenvalue weighted by Crippen LogP contribution is -2.52. The third kappa shape index (κ3) is 5.32. The molecule has 10 nitrogen and oxygen atoms in total. The molecule has 2 aliphatic heterocycles. The first-order valence-electron chi connectivity index (χ1n) is 13.5. The number of carbonyl (C=O) groups excluding carboxylic acids is 1. The molecule has 1 aromatic carbocycles. The predicted octanol–water partition coefficient (Wildman–Crippen LogP) is 4.28. The largest absolute Gasteiger partial charge is 0.493 e. The Labute approximate surface area is 226 Å². The van der Waals surface area contributed by atoms with Crippen LogP contribution in [-0.4, -0.2) is 75.8 Å². The number of urea groups is 1. The van der Waals surface area contributed by atoms with Gasteiger partial charge in [0.15, 0.2) is 5.65 Å². The van der Waals surface area contributed by atoms with Crippen LogP contribution in [0.1, 0.15) is 36.0 Å². The Bertz CT molecular complexity index is 1480. The second-order valence-electron chi connectivity index (χ2n) is 10.4. The van der Waals surface area contributed by atoms with E-state index in [1.807, 2.05) is 23.4 Å². The van der Waals surface area contributed by atoms with Crippen molar-refractivity contribution in [3.63, 3.8) is 0 Å². The van der Waals surface area contributed by atoms with Crippen LogP contribution in [0.15, 0.2) is 55.0 Å². The van der Waals surface area contributed by atoms with E-state index in [1.54, 1.807) is 30.5 Å². The van der Waals surface area contributed by atoms with Crippen molar-refractivity contribution in [3.8, 4) is 5.75 Å². The number of carboxylic acids is 1. The highest BCUT2D eigenvalue weighted by Gasteiger charge is 2.28. The summed E-state index contributed by atoms with van der Waals surface area (Å²) in [6.07, 6.45) is 9.29. The van der Waals surface area contributed by atoms with Gasteiger partial charge in [0.05, 0.1) is 23.9 Å². The number of aromatic amines is 1. The summed E-state index contributed by atoms with van der Waals surface area (Å²) in [6, 6.07) is 10.7. The van der Waals surface area contributed by atoms with Crippen molar-refractivity contribution < 1.29 is 19.4 Å². The molecular formula is C29H32N6O4. The summed E-state index contributed by atoms with van der Waals surface area (Å²) in [4.78, 5) is 40.6. The molecule has 1 atom stereocenters. The number of aromatic nitrogens is 3. The number of ether oxygens (including phenoxy) is 1. The average molecular weight is 529 g/mol. The summed E-state index contributed by atoms with van der Waals surface area (Å²) in [7, 11) is 0. The second-order valence-corrected chi connectivity index (χ2v) is 10.4. The number of piperidine rings is 2. The molecule has 10 heteroatoms. The number of nitrogens with one attached hydrogen (secondary N) is 2. The highest BCUT2D eigenvalue weighted by Crippen LogP contribution is 2.32. The normalized spacial score (nSPS) is 18.4. The molecule has 6 rings (SSSR count). The number of carbonyl (C=O) groups is 2. The maximum Gasteiger partial charge on any atom is 0.335 e. The van der Waals surface area contributed by atoms with Gasteiger partial charge in [-0.2, -0.15) is 0 Å². The summed E-state index contributed by atoms with van der Waals surface area (Å²) in [5, 5.41) is 14.5. The molecular weight excluding hydrogens is 496 g/mol. The zero-order valence-corrected chi connectivity index (χ0v) is 21.7. The fraction of sp³-hybridized carbons (Fsp3) is 0.379. The molecule has 2 aliphatic rings. The maximum atomic E-state index is 13.1. The highest BCUT2D eigenvalue weighted by atomic mass is 16.5. The highest BCUT2D eigenvalue weighted by molar-refractivity contribution is 6.10. The lowest BCUT2D eigenvalue weighted by molar-refractivity contribution is 0.0696. The van der Waals surface area contributed by atoms with Crippen molar-refractivity contribution in [1.82, 2.24) is 25.2 Å². The summed E-state index contributed by atoms with van der Waals surface area (Å²) in [5.74, 6) is -0.0717. The number of aromatic carboxylic acids is 1. The Morgan fingerprint density at radius 1 is 1.05 bits per heavy atom. The Hall–Kier alpha value is -4.34. The van der Waals surface area contributed by atoms with Crippen LogP contribution in [0.5, 0.6) is 5.75 Å². The quantitative estimate of drug-likeness (QED) is 0.341. The van der Waals surface area contributed by atoms with Gasteiger partial charge in [0.2, 0.25) is 0 Å². The van der Waals surface area contributed by atoms with Crippen LogP contribution in [0.4, 0.5) is 10.5 Å². The van der Waals surface area contributed by atoms with Crippen molar-refractivity contribution in [2.45, 2.75) is 31.7 Å². The fourth-order valence-electron chi connectivity index (χ4n) is 5.73. The molecule has 2 fully saturated rings. The number of rotatable bonds is 6. The van der Waals surface area contributed by atoms with Crippen LogP contribution in [0.25, 0.3) is 21.9 Å². The van der Waals surface area contributed by atoms with Gasteiger partial charge in [0.1, 0.15) is 5.75 Å². The molecule has 0 bridgehead atoms. The van der Waals surface area contributed by atoms with Crippen molar-refractivity contribution >= 4 is 39.6 Å². The van der Waals surface area contributed by atoms with Crippen LogP contribution in [0.2, 0.25) is 0 Å². The third-order valence-electron chi connectivity index (χ3n) is 7.83. The molecule has 39 heavy (non-hydrogen) atoms. The number of benzene rings is 1. The molecule has 2 amide bonds. The standard InChI is InChI=1S/C29H32N6O4/c36-28(37)20-3-5-22(6-4-20)39-18-19-2-1-13-35(17-19)29(38)33-21-9-14-34(15-10-21)25-8-12-30-24-16-32-27-23(26(24)25)7-11-31-27/h3-8,11-12,16,19,21,30H,1-2,9-10,13-15,17-18H2,(H,33,38)(H,36,37). The Morgan fingerprint density at radius 2 is 1.87 bits per heavy atom. The van der Waals surface area contributed by atoms with Gasteiger partial charge in [0.25, 0.3) is 0 Å². The van der Waals surface area contributed by atoms with Crippen LogP contribution in [0, 0.1) is 5.92 Å². The average Bonchev–Trinajstić information content (AvgIpc) is 3.46. The lowest BCUT2D eigenvalue weighted by Gasteiger charge is -2.37. The van der Waals surface area contributed by atoms with E-state index in [0.717, 1.165) is 67.3 Å². The number of anilines is 1. The molecule has 2 saturated heterocycles. The van der Waals surface area contributed by atoms with Gasteiger partial charge in [-0.15, -0.1) is 0 Å². The summed E-state index contributed by atoms with van der Waals surface area (Å²) >= 11 is 0. The van der Waals surface area contributed by atoms with E-state index in [9.17, 15) is 9.59 Å². The number of amides is 2. The maximum absolute atomic E-state index is 13.1. The first kappa shape index (κ1) is 25.0. The third-order valence-corrected chi connectivity index (χ3v) is 7.83. The number of likely N-dealkylation sites (tertiary alicyclic amines) is 1. The molecule has 202 valence electrons. The zero-order valence-electron chi connectivity index (χ0n) is 21.7. The summed E-state index contributed by atoms with van der Waals surface area (Å²) < 4.78 is 5.90. The number of H-pyrrole nitrogens is 1. The Kier molecular flexibility index (Phi) is 6.91. The van der Waals surface area contributed by atoms with Gasteiger partial charge in [-0.25, -0.2) is 19.6 Å². The van der Waals surface area contributed by atoms with Crippen LogP contribution in [-0.2, 0) is 0 Å². The smallest absolute Gasteiger partial charge is 0.335 e. The number of carboxylic acid groups (broad SMARTS) is 1. The molecule has 3 N–H and O–H groups in total. The van der Waals surface area contributed by atoms with Gasteiger partial charge >= 0.3 is 12.0 Å².